The Bertz CT molecular complexity index is 673. The minimum Gasteiger partial charge on any atom is -0.373 e. The lowest BCUT2D eigenvalue weighted by Crippen LogP contribution is -2.21. The molecule has 1 saturated carbocycles. The molecule has 1 aromatic carbocycles. The Balaban J connectivity index is 1.74. The van der Waals surface area contributed by atoms with E-state index in [0.29, 0.717) is 56.2 Å². The monoisotopic (exact) mass is 391 g/mol. The fourth-order valence-corrected chi connectivity index (χ4v) is 2.85. The van der Waals surface area contributed by atoms with Gasteiger partial charge in [0.1, 0.15) is 0 Å². The molecule has 1 aliphatic rings. The zero-order valence-electron chi connectivity index (χ0n) is 15.6. The zero-order chi connectivity index (χ0) is 19.5. The number of benzene rings is 1. The molecule has 0 atom stereocenters. The van der Waals surface area contributed by atoms with Crippen molar-refractivity contribution in [2.75, 3.05) is 19.8 Å². The van der Waals surface area contributed by atoms with E-state index in [-0.39, 0.29) is 11.6 Å². The predicted molar refractivity (Wildman–Crippen MR) is 105 cm³/mol. The summed E-state index contributed by atoms with van der Waals surface area (Å²) in [5.41, 5.74) is 5.01. The average molecular weight is 392 g/mol. The number of unbranched alkanes of at least 4 members (excludes halogenated alkanes) is 1. The number of carbonyl (C=O) groups is 2. The smallest absolute Gasteiger partial charge is 0.170 e. The van der Waals surface area contributed by atoms with Gasteiger partial charge in [-0.1, -0.05) is 41.5 Å². The fourth-order valence-electron chi connectivity index (χ4n) is 2.72. The van der Waals surface area contributed by atoms with Gasteiger partial charge >= 0.3 is 0 Å². The number of rotatable bonds is 10. The lowest BCUT2D eigenvalue weighted by molar-refractivity contribution is -0.122. The number of ketones is 2. The van der Waals surface area contributed by atoms with Gasteiger partial charge in [0.25, 0.3) is 0 Å². The van der Waals surface area contributed by atoms with Crippen LogP contribution in [-0.4, -0.2) is 31.3 Å². The summed E-state index contributed by atoms with van der Waals surface area (Å²) in [7, 11) is 0. The van der Waals surface area contributed by atoms with E-state index in [9.17, 15) is 9.59 Å². The van der Waals surface area contributed by atoms with Crippen LogP contribution in [0.1, 0.15) is 38.2 Å². The second-order valence-corrected chi connectivity index (χ2v) is 6.73. The topological polar surface area (TPSA) is 64.6 Å². The maximum absolute atomic E-state index is 12.2. The first kappa shape index (κ1) is 21.5. The molecule has 1 N–H and O–H groups in total. The second-order valence-electron chi connectivity index (χ2n) is 6.29. The highest BCUT2D eigenvalue weighted by molar-refractivity contribution is 6.30. The van der Waals surface area contributed by atoms with Crippen molar-refractivity contribution in [3.05, 3.63) is 58.1 Å². The fraction of sp³-hybridized carbons (Fsp3) is 0.429. The van der Waals surface area contributed by atoms with E-state index < -0.39 is 0 Å². The summed E-state index contributed by atoms with van der Waals surface area (Å²) in [6.07, 6.45) is 5.67. The summed E-state index contributed by atoms with van der Waals surface area (Å²) in [6.45, 7) is 4.04. The van der Waals surface area contributed by atoms with Crippen molar-refractivity contribution in [3.8, 4) is 0 Å². The van der Waals surface area contributed by atoms with Crippen LogP contribution in [0.25, 0.3) is 0 Å². The highest BCUT2D eigenvalue weighted by atomic mass is 35.5. The molecule has 27 heavy (non-hydrogen) atoms. The van der Waals surface area contributed by atoms with Crippen molar-refractivity contribution < 1.29 is 19.2 Å². The van der Waals surface area contributed by atoms with Crippen molar-refractivity contribution in [1.82, 2.24) is 5.48 Å². The summed E-state index contributed by atoms with van der Waals surface area (Å²) >= 11 is 5.85. The number of hydrogen-bond donors (Lipinski definition) is 1. The minimum atomic E-state index is -0.104. The number of halogens is 1. The van der Waals surface area contributed by atoms with Crippen LogP contribution >= 0.6 is 11.6 Å². The van der Waals surface area contributed by atoms with Crippen molar-refractivity contribution in [3.63, 3.8) is 0 Å². The van der Waals surface area contributed by atoms with Gasteiger partial charge in [0.05, 0.1) is 25.4 Å². The van der Waals surface area contributed by atoms with E-state index in [1.54, 1.807) is 6.08 Å². The van der Waals surface area contributed by atoms with Gasteiger partial charge in [0, 0.05) is 24.4 Å². The van der Waals surface area contributed by atoms with E-state index in [2.05, 4.69) is 5.48 Å². The van der Waals surface area contributed by atoms with Crippen LogP contribution in [0.5, 0.6) is 0 Å². The van der Waals surface area contributed by atoms with Crippen LogP contribution in [0.3, 0.4) is 0 Å². The SMILES string of the molecule is CCONCCCC=C1C(=O)CC(=CCOCc2ccc(Cl)cc2)CC1=O. The largest absolute Gasteiger partial charge is 0.373 e. The number of nitrogens with one attached hydrogen (secondary N) is 1. The lowest BCUT2D eigenvalue weighted by atomic mass is 9.87. The maximum atomic E-state index is 12.2. The third-order valence-electron chi connectivity index (χ3n) is 4.13. The van der Waals surface area contributed by atoms with E-state index in [4.69, 9.17) is 21.2 Å². The molecule has 6 heteroatoms. The van der Waals surface area contributed by atoms with Gasteiger partial charge in [-0.2, -0.15) is 0 Å². The third-order valence-corrected chi connectivity index (χ3v) is 4.38. The highest BCUT2D eigenvalue weighted by Crippen LogP contribution is 2.22. The van der Waals surface area contributed by atoms with Gasteiger partial charge in [-0.25, -0.2) is 5.48 Å². The standard InChI is InChI=1S/C21H26ClNO4/c1-2-27-23-11-4-3-5-19-20(24)13-17(14-21(19)25)10-12-26-15-16-6-8-18(22)9-7-16/h5-10,23H,2-4,11-15H2,1H3. The minimum absolute atomic E-state index is 0.104. The quantitative estimate of drug-likeness (QED) is 0.215. The molecule has 0 bridgehead atoms. The molecule has 0 radical (unpaired) electrons. The van der Waals surface area contributed by atoms with Gasteiger partial charge in [0.2, 0.25) is 0 Å². The molecule has 1 aliphatic carbocycles. The molecule has 0 aliphatic heterocycles. The maximum Gasteiger partial charge on any atom is 0.170 e. The molecule has 1 aromatic rings. The normalized spacial score (nSPS) is 14.6. The first-order valence-electron chi connectivity index (χ1n) is 9.21. The summed E-state index contributed by atoms with van der Waals surface area (Å²) in [6, 6.07) is 7.45. The first-order chi connectivity index (χ1) is 13.1. The number of ether oxygens (including phenoxy) is 1. The van der Waals surface area contributed by atoms with E-state index >= 15 is 0 Å². The zero-order valence-corrected chi connectivity index (χ0v) is 16.4. The molecule has 0 amide bonds. The molecule has 0 aromatic heterocycles. The molecule has 0 unspecified atom stereocenters. The number of hydroxylamine groups is 1. The van der Waals surface area contributed by atoms with Crippen molar-refractivity contribution >= 4 is 23.2 Å². The molecule has 0 heterocycles. The molecular formula is C21H26ClNO4. The highest BCUT2D eigenvalue weighted by Gasteiger charge is 2.25. The van der Waals surface area contributed by atoms with Gasteiger partial charge in [-0.3, -0.25) is 9.59 Å². The Morgan fingerprint density at radius 3 is 2.48 bits per heavy atom. The van der Waals surface area contributed by atoms with Crippen molar-refractivity contribution in [2.45, 2.75) is 39.2 Å². The number of allylic oxidation sites excluding steroid dienone is 3. The third kappa shape index (κ3) is 7.77. The van der Waals surface area contributed by atoms with Crippen LogP contribution in [0.2, 0.25) is 5.02 Å². The number of Topliss-reactive ketones (excluding diaryl/α,β-unsaturated/α-hetero) is 2. The van der Waals surface area contributed by atoms with Gasteiger partial charge < -0.3 is 9.57 Å². The Morgan fingerprint density at radius 2 is 1.81 bits per heavy atom. The summed E-state index contributed by atoms with van der Waals surface area (Å²) in [5, 5.41) is 0.689. The number of hydrogen-bond acceptors (Lipinski definition) is 5. The van der Waals surface area contributed by atoms with Crippen LogP contribution in [0, 0.1) is 0 Å². The Kier molecular flexibility index (Phi) is 9.42. The van der Waals surface area contributed by atoms with Crippen LogP contribution < -0.4 is 5.48 Å². The van der Waals surface area contributed by atoms with Crippen LogP contribution in [0.15, 0.2) is 47.6 Å². The summed E-state index contributed by atoms with van der Waals surface area (Å²) in [5.74, 6) is -0.207. The molecule has 1 fully saturated rings. The Labute approximate surface area is 165 Å². The number of carbonyl (C=O) groups excluding carboxylic acids is 2. The summed E-state index contributed by atoms with van der Waals surface area (Å²) < 4.78 is 5.60. The molecule has 5 nitrogen and oxygen atoms in total. The summed E-state index contributed by atoms with van der Waals surface area (Å²) in [4.78, 5) is 29.5. The second kappa shape index (κ2) is 11.8. The molecular weight excluding hydrogens is 366 g/mol. The molecule has 146 valence electrons. The molecule has 0 spiro atoms. The average Bonchev–Trinajstić information content (AvgIpc) is 2.65. The van der Waals surface area contributed by atoms with Gasteiger partial charge in [0.15, 0.2) is 11.6 Å². The van der Waals surface area contributed by atoms with E-state index in [0.717, 1.165) is 17.6 Å². The Morgan fingerprint density at radius 1 is 1.11 bits per heavy atom. The molecule has 0 saturated heterocycles. The molecule has 2 rings (SSSR count). The van der Waals surface area contributed by atoms with Gasteiger partial charge in [-0.15, -0.1) is 0 Å². The Hall–Kier alpha value is -1.79. The van der Waals surface area contributed by atoms with Gasteiger partial charge in [-0.05, 0) is 37.5 Å². The van der Waals surface area contributed by atoms with Crippen molar-refractivity contribution in [2.24, 2.45) is 0 Å². The van der Waals surface area contributed by atoms with E-state index in [1.165, 1.54) is 0 Å². The first-order valence-corrected chi connectivity index (χ1v) is 9.59. The van der Waals surface area contributed by atoms with Crippen molar-refractivity contribution in [1.29, 1.82) is 0 Å². The predicted octanol–water partition coefficient (Wildman–Crippen LogP) is 3.96. The lowest BCUT2D eigenvalue weighted by Gasteiger charge is -2.15. The van der Waals surface area contributed by atoms with E-state index in [1.807, 2.05) is 37.3 Å². The van der Waals surface area contributed by atoms with Crippen LogP contribution in [-0.2, 0) is 25.8 Å². The van der Waals surface area contributed by atoms with Crippen LogP contribution in [0.4, 0.5) is 0 Å².